The van der Waals surface area contributed by atoms with E-state index in [0.29, 0.717) is 18.2 Å². The highest BCUT2D eigenvalue weighted by molar-refractivity contribution is 4.81. The third-order valence-electron chi connectivity index (χ3n) is 4.39. The molecule has 0 spiro atoms. The van der Waals surface area contributed by atoms with Crippen LogP contribution in [0.1, 0.15) is 46.5 Å². The second-order valence-electron chi connectivity index (χ2n) is 6.38. The predicted octanol–water partition coefficient (Wildman–Crippen LogP) is 2.26. The summed E-state index contributed by atoms with van der Waals surface area (Å²) in [5.41, 5.74) is 0. The Hall–Kier alpha value is -0.120. The maximum absolute atomic E-state index is 5.93. The monoisotopic (exact) mass is 254 g/mol. The molecule has 2 aliphatic rings. The number of nitrogens with zero attached hydrogens (tertiary/aromatic N) is 1. The Morgan fingerprint density at radius 1 is 1.22 bits per heavy atom. The normalized spacial score (nSPS) is 35.0. The van der Waals surface area contributed by atoms with Gasteiger partial charge in [-0.3, -0.25) is 4.90 Å². The fourth-order valence-corrected chi connectivity index (χ4v) is 3.32. The molecule has 1 saturated carbocycles. The van der Waals surface area contributed by atoms with Crippen molar-refractivity contribution in [3.63, 3.8) is 0 Å². The van der Waals surface area contributed by atoms with Crippen molar-refractivity contribution in [1.82, 2.24) is 10.2 Å². The second-order valence-corrected chi connectivity index (χ2v) is 6.38. The van der Waals surface area contributed by atoms with Crippen LogP contribution in [0.25, 0.3) is 0 Å². The molecule has 3 nitrogen and oxygen atoms in total. The molecule has 1 atom stereocenters. The van der Waals surface area contributed by atoms with Crippen LogP contribution in [0.5, 0.6) is 0 Å². The van der Waals surface area contributed by atoms with Gasteiger partial charge in [-0.15, -0.1) is 0 Å². The molecule has 0 aromatic rings. The summed E-state index contributed by atoms with van der Waals surface area (Å²) in [6, 6.07) is 0.711. The molecule has 1 aliphatic heterocycles. The van der Waals surface area contributed by atoms with Gasteiger partial charge < -0.3 is 10.1 Å². The van der Waals surface area contributed by atoms with Crippen LogP contribution >= 0.6 is 0 Å². The summed E-state index contributed by atoms with van der Waals surface area (Å²) in [5, 5.41) is 3.47. The number of ether oxygens (including phenoxy) is 1. The Balaban J connectivity index is 1.69. The zero-order chi connectivity index (χ0) is 13.0. The molecule has 2 fully saturated rings. The van der Waals surface area contributed by atoms with Crippen LogP contribution in [0, 0.1) is 5.92 Å². The molecule has 1 heterocycles. The molecule has 1 saturated heterocycles. The van der Waals surface area contributed by atoms with Crippen LogP contribution in [-0.4, -0.2) is 49.3 Å². The standard InChI is InChI=1S/C15H30N2O/c1-12(2)18-15-6-4-14(5-7-15)11-17-9-8-16-10-13(17)3/h12-16H,4-11H2,1-3H3. The first-order chi connectivity index (χ1) is 8.65. The van der Waals surface area contributed by atoms with Gasteiger partial charge in [0, 0.05) is 32.2 Å². The Kier molecular flexibility index (Phi) is 5.46. The summed E-state index contributed by atoms with van der Waals surface area (Å²) in [7, 11) is 0. The number of hydrogen-bond acceptors (Lipinski definition) is 3. The maximum Gasteiger partial charge on any atom is 0.0578 e. The molecule has 2 rings (SSSR count). The Bertz CT molecular complexity index is 237. The van der Waals surface area contributed by atoms with E-state index in [1.807, 2.05) is 0 Å². The van der Waals surface area contributed by atoms with E-state index >= 15 is 0 Å². The van der Waals surface area contributed by atoms with Crippen molar-refractivity contribution in [1.29, 1.82) is 0 Å². The molecule has 1 N–H and O–H groups in total. The van der Waals surface area contributed by atoms with E-state index in [2.05, 4.69) is 31.0 Å². The topological polar surface area (TPSA) is 24.5 Å². The summed E-state index contributed by atoms with van der Waals surface area (Å²) < 4.78 is 5.93. The Labute approximate surface area is 112 Å². The first-order valence-corrected chi connectivity index (χ1v) is 7.75. The van der Waals surface area contributed by atoms with Gasteiger partial charge in [-0.25, -0.2) is 0 Å². The van der Waals surface area contributed by atoms with E-state index in [4.69, 9.17) is 4.74 Å². The van der Waals surface area contributed by atoms with Crippen molar-refractivity contribution < 1.29 is 4.74 Å². The minimum Gasteiger partial charge on any atom is -0.376 e. The highest BCUT2D eigenvalue weighted by atomic mass is 16.5. The fourth-order valence-electron chi connectivity index (χ4n) is 3.32. The SMILES string of the molecule is CC(C)OC1CCC(CN2CCNCC2C)CC1. The molecule has 3 heteroatoms. The largest absolute Gasteiger partial charge is 0.376 e. The van der Waals surface area contributed by atoms with E-state index in [9.17, 15) is 0 Å². The summed E-state index contributed by atoms with van der Waals surface area (Å²) in [6.45, 7) is 11.5. The Morgan fingerprint density at radius 2 is 1.94 bits per heavy atom. The molecule has 0 aromatic carbocycles. The highest BCUT2D eigenvalue weighted by Gasteiger charge is 2.26. The molecular formula is C15H30N2O. The van der Waals surface area contributed by atoms with Crippen molar-refractivity contribution in [2.24, 2.45) is 5.92 Å². The van der Waals surface area contributed by atoms with Gasteiger partial charge in [0.1, 0.15) is 0 Å². The van der Waals surface area contributed by atoms with E-state index in [0.717, 1.165) is 19.0 Å². The van der Waals surface area contributed by atoms with Gasteiger partial charge in [0.15, 0.2) is 0 Å². The number of hydrogen-bond donors (Lipinski definition) is 1. The fraction of sp³-hybridized carbons (Fsp3) is 1.00. The summed E-state index contributed by atoms with van der Waals surface area (Å²) >= 11 is 0. The summed E-state index contributed by atoms with van der Waals surface area (Å²) in [4.78, 5) is 2.67. The lowest BCUT2D eigenvalue weighted by molar-refractivity contribution is -0.0234. The smallest absolute Gasteiger partial charge is 0.0578 e. The lowest BCUT2D eigenvalue weighted by atomic mass is 9.86. The van der Waals surface area contributed by atoms with Crippen molar-refractivity contribution >= 4 is 0 Å². The minimum absolute atomic E-state index is 0.389. The molecule has 0 amide bonds. The quantitative estimate of drug-likeness (QED) is 0.833. The van der Waals surface area contributed by atoms with Gasteiger partial charge in [-0.2, -0.15) is 0 Å². The second kappa shape index (κ2) is 6.88. The minimum atomic E-state index is 0.389. The first-order valence-electron chi connectivity index (χ1n) is 7.75. The first kappa shape index (κ1) is 14.3. The van der Waals surface area contributed by atoms with Crippen LogP contribution < -0.4 is 5.32 Å². The average Bonchev–Trinajstić information content (AvgIpc) is 2.34. The van der Waals surface area contributed by atoms with Gasteiger partial charge >= 0.3 is 0 Å². The summed E-state index contributed by atoms with van der Waals surface area (Å²) in [5.74, 6) is 0.901. The van der Waals surface area contributed by atoms with Crippen molar-refractivity contribution in [2.45, 2.75) is 64.7 Å². The van der Waals surface area contributed by atoms with E-state index in [1.165, 1.54) is 38.8 Å². The molecule has 0 aromatic heterocycles. The molecule has 0 bridgehead atoms. The number of nitrogens with one attached hydrogen (secondary N) is 1. The zero-order valence-electron chi connectivity index (χ0n) is 12.3. The molecular weight excluding hydrogens is 224 g/mol. The van der Waals surface area contributed by atoms with Gasteiger partial charge in [0.05, 0.1) is 12.2 Å². The Morgan fingerprint density at radius 3 is 2.56 bits per heavy atom. The molecule has 1 unspecified atom stereocenters. The molecule has 106 valence electrons. The molecule has 1 aliphatic carbocycles. The average molecular weight is 254 g/mol. The van der Waals surface area contributed by atoms with Crippen LogP contribution in [0.3, 0.4) is 0 Å². The van der Waals surface area contributed by atoms with Crippen LogP contribution in [0.4, 0.5) is 0 Å². The number of rotatable bonds is 4. The van der Waals surface area contributed by atoms with Gasteiger partial charge in [0.2, 0.25) is 0 Å². The third-order valence-corrected chi connectivity index (χ3v) is 4.39. The maximum atomic E-state index is 5.93. The van der Waals surface area contributed by atoms with Crippen LogP contribution in [0.2, 0.25) is 0 Å². The zero-order valence-corrected chi connectivity index (χ0v) is 12.3. The summed E-state index contributed by atoms with van der Waals surface area (Å²) in [6.07, 6.45) is 6.16. The molecule has 0 radical (unpaired) electrons. The van der Waals surface area contributed by atoms with Crippen molar-refractivity contribution in [3.8, 4) is 0 Å². The van der Waals surface area contributed by atoms with Gasteiger partial charge in [0.25, 0.3) is 0 Å². The predicted molar refractivity (Wildman–Crippen MR) is 75.9 cm³/mol. The van der Waals surface area contributed by atoms with E-state index < -0.39 is 0 Å². The lowest BCUT2D eigenvalue weighted by Crippen LogP contribution is -2.51. The lowest BCUT2D eigenvalue weighted by Gasteiger charge is -2.38. The van der Waals surface area contributed by atoms with Crippen molar-refractivity contribution in [3.05, 3.63) is 0 Å². The van der Waals surface area contributed by atoms with Gasteiger partial charge in [-0.1, -0.05) is 0 Å². The van der Waals surface area contributed by atoms with Gasteiger partial charge in [-0.05, 0) is 52.4 Å². The van der Waals surface area contributed by atoms with Crippen LogP contribution in [-0.2, 0) is 4.74 Å². The highest BCUT2D eigenvalue weighted by Crippen LogP contribution is 2.28. The van der Waals surface area contributed by atoms with E-state index in [-0.39, 0.29) is 0 Å². The van der Waals surface area contributed by atoms with Crippen LogP contribution in [0.15, 0.2) is 0 Å². The van der Waals surface area contributed by atoms with E-state index in [1.54, 1.807) is 0 Å². The third kappa shape index (κ3) is 4.22. The van der Waals surface area contributed by atoms with Crippen molar-refractivity contribution in [2.75, 3.05) is 26.2 Å². The number of piperazine rings is 1. The molecule has 18 heavy (non-hydrogen) atoms.